The molecule has 1 unspecified atom stereocenters. The van der Waals surface area contributed by atoms with E-state index in [0.29, 0.717) is 6.04 Å². The molecule has 1 aromatic carbocycles. The summed E-state index contributed by atoms with van der Waals surface area (Å²) in [6, 6.07) is 6.69. The van der Waals surface area contributed by atoms with Crippen molar-refractivity contribution in [1.82, 2.24) is 10.2 Å². The largest absolute Gasteiger partial charge is 0.490 e. The zero-order chi connectivity index (χ0) is 12.4. The Balaban J connectivity index is 1.82. The van der Waals surface area contributed by atoms with Crippen molar-refractivity contribution in [3.8, 4) is 11.5 Å². The fourth-order valence-electron chi connectivity index (χ4n) is 2.52. The maximum atomic E-state index is 5.74. The number of fused-ring (bicyclic) bond motifs is 1. The molecule has 4 nitrogen and oxygen atoms in total. The van der Waals surface area contributed by atoms with Gasteiger partial charge in [0.05, 0.1) is 13.2 Å². The quantitative estimate of drug-likeness (QED) is 0.815. The molecule has 0 aromatic heterocycles. The monoisotopic (exact) mass is 248 g/mol. The number of ether oxygens (including phenoxy) is 2. The predicted octanol–water partition coefficient (Wildman–Crippen LogP) is 1.42. The molecule has 2 aliphatic heterocycles. The number of hydrogen-bond acceptors (Lipinski definition) is 4. The summed E-state index contributed by atoms with van der Waals surface area (Å²) >= 11 is 0. The van der Waals surface area contributed by atoms with Gasteiger partial charge in [0.15, 0.2) is 11.5 Å². The van der Waals surface area contributed by atoms with E-state index in [1.807, 2.05) is 6.07 Å². The van der Waals surface area contributed by atoms with E-state index < -0.39 is 0 Å². The molecule has 1 atom stereocenters. The fraction of sp³-hybridized carbons (Fsp3) is 0.571. The van der Waals surface area contributed by atoms with Crippen LogP contribution in [0.2, 0.25) is 0 Å². The van der Waals surface area contributed by atoms with Crippen molar-refractivity contribution in [2.24, 2.45) is 0 Å². The molecule has 0 radical (unpaired) electrons. The van der Waals surface area contributed by atoms with E-state index >= 15 is 0 Å². The Morgan fingerprint density at radius 3 is 2.89 bits per heavy atom. The summed E-state index contributed by atoms with van der Waals surface area (Å²) in [6.07, 6.45) is 0.953. The Hall–Kier alpha value is -1.26. The van der Waals surface area contributed by atoms with E-state index in [9.17, 15) is 0 Å². The zero-order valence-electron chi connectivity index (χ0n) is 10.8. The lowest BCUT2D eigenvalue weighted by molar-refractivity contribution is 0.240. The van der Waals surface area contributed by atoms with Crippen molar-refractivity contribution in [3.05, 3.63) is 23.8 Å². The highest BCUT2D eigenvalue weighted by Gasteiger charge is 2.20. The SMILES string of the molecule is CN1CCNC(c2ccc3c(c2)OCCCO3)C1. The second-order valence-electron chi connectivity index (χ2n) is 5.03. The standard InChI is InChI=1S/C14H20N2O2/c1-16-6-5-15-12(10-16)11-3-4-13-14(9-11)18-8-2-7-17-13/h3-4,9,12,15H,2,5-8,10H2,1H3. The predicted molar refractivity (Wildman–Crippen MR) is 70.3 cm³/mol. The van der Waals surface area contributed by atoms with Crippen LogP contribution < -0.4 is 14.8 Å². The lowest BCUT2D eigenvalue weighted by Gasteiger charge is -2.31. The fourth-order valence-corrected chi connectivity index (χ4v) is 2.52. The van der Waals surface area contributed by atoms with Crippen LogP contribution in [0.5, 0.6) is 11.5 Å². The molecule has 1 saturated heterocycles. The van der Waals surface area contributed by atoms with Gasteiger partial charge in [0.25, 0.3) is 0 Å². The number of nitrogens with one attached hydrogen (secondary N) is 1. The first kappa shape index (κ1) is 11.8. The van der Waals surface area contributed by atoms with E-state index in [4.69, 9.17) is 9.47 Å². The van der Waals surface area contributed by atoms with Crippen LogP contribution in [-0.4, -0.2) is 44.8 Å². The Morgan fingerprint density at radius 1 is 1.22 bits per heavy atom. The van der Waals surface area contributed by atoms with Crippen LogP contribution in [0.4, 0.5) is 0 Å². The van der Waals surface area contributed by atoms with Crippen molar-refractivity contribution in [1.29, 1.82) is 0 Å². The van der Waals surface area contributed by atoms with Gasteiger partial charge in [0.1, 0.15) is 0 Å². The first-order chi connectivity index (χ1) is 8.83. The first-order valence-corrected chi connectivity index (χ1v) is 6.64. The Morgan fingerprint density at radius 2 is 2.06 bits per heavy atom. The molecule has 0 saturated carbocycles. The van der Waals surface area contributed by atoms with Gasteiger partial charge in [0.2, 0.25) is 0 Å². The molecule has 0 bridgehead atoms. The van der Waals surface area contributed by atoms with Crippen LogP contribution in [0.15, 0.2) is 18.2 Å². The number of likely N-dealkylation sites (N-methyl/N-ethyl adjacent to an activating group) is 1. The van der Waals surface area contributed by atoms with Gasteiger partial charge in [0, 0.05) is 32.1 Å². The average Bonchev–Trinajstić information content (AvgIpc) is 2.63. The third-order valence-corrected chi connectivity index (χ3v) is 3.55. The summed E-state index contributed by atoms with van der Waals surface area (Å²) in [5.74, 6) is 1.76. The summed E-state index contributed by atoms with van der Waals surface area (Å²) in [6.45, 7) is 4.68. The lowest BCUT2D eigenvalue weighted by atomic mass is 10.0. The molecule has 0 spiro atoms. The van der Waals surface area contributed by atoms with Gasteiger partial charge in [-0.15, -0.1) is 0 Å². The molecule has 2 heterocycles. The Labute approximate surface area is 108 Å². The van der Waals surface area contributed by atoms with Crippen molar-refractivity contribution in [2.75, 3.05) is 39.9 Å². The first-order valence-electron chi connectivity index (χ1n) is 6.64. The molecule has 18 heavy (non-hydrogen) atoms. The molecular formula is C14H20N2O2. The zero-order valence-corrected chi connectivity index (χ0v) is 10.8. The van der Waals surface area contributed by atoms with E-state index in [-0.39, 0.29) is 0 Å². The summed E-state index contributed by atoms with van der Waals surface area (Å²) in [5.41, 5.74) is 1.28. The van der Waals surface area contributed by atoms with Gasteiger partial charge in [-0.3, -0.25) is 0 Å². The minimum atomic E-state index is 0.390. The second kappa shape index (κ2) is 5.16. The highest BCUT2D eigenvalue weighted by atomic mass is 16.5. The van der Waals surface area contributed by atoms with Crippen LogP contribution >= 0.6 is 0 Å². The number of rotatable bonds is 1. The average molecular weight is 248 g/mol. The van der Waals surface area contributed by atoms with Gasteiger partial charge in [-0.25, -0.2) is 0 Å². The van der Waals surface area contributed by atoms with E-state index in [1.165, 1.54) is 5.56 Å². The lowest BCUT2D eigenvalue weighted by Crippen LogP contribution is -2.43. The van der Waals surface area contributed by atoms with Gasteiger partial charge in [-0.1, -0.05) is 6.07 Å². The van der Waals surface area contributed by atoms with Crippen molar-refractivity contribution in [3.63, 3.8) is 0 Å². The Kier molecular flexibility index (Phi) is 3.39. The molecule has 1 fully saturated rings. The third-order valence-electron chi connectivity index (χ3n) is 3.55. The molecule has 98 valence electrons. The second-order valence-corrected chi connectivity index (χ2v) is 5.03. The van der Waals surface area contributed by atoms with Crippen molar-refractivity contribution in [2.45, 2.75) is 12.5 Å². The van der Waals surface area contributed by atoms with E-state index in [2.05, 4.69) is 29.4 Å². The summed E-state index contributed by atoms with van der Waals surface area (Å²) < 4.78 is 11.4. The summed E-state index contributed by atoms with van der Waals surface area (Å²) in [5, 5.41) is 3.55. The van der Waals surface area contributed by atoms with Gasteiger partial charge in [-0.05, 0) is 24.7 Å². The van der Waals surface area contributed by atoms with Crippen LogP contribution in [0.25, 0.3) is 0 Å². The normalized spacial score (nSPS) is 24.6. The molecule has 3 rings (SSSR count). The van der Waals surface area contributed by atoms with Crippen LogP contribution in [0.1, 0.15) is 18.0 Å². The number of nitrogens with zero attached hydrogens (tertiary/aromatic N) is 1. The van der Waals surface area contributed by atoms with Crippen LogP contribution in [-0.2, 0) is 0 Å². The highest BCUT2D eigenvalue weighted by molar-refractivity contribution is 5.44. The van der Waals surface area contributed by atoms with Crippen LogP contribution in [0, 0.1) is 0 Å². The smallest absolute Gasteiger partial charge is 0.161 e. The number of benzene rings is 1. The highest BCUT2D eigenvalue weighted by Crippen LogP contribution is 2.32. The summed E-state index contributed by atoms with van der Waals surface area (Å²) in [7, 11) is 2.16. The molecule has 1 N–H and O–H groups in total. The van der Waals surface area contributed by atoms with E-state index in [1.54, 1.807) is 0 Å². The van der Waals surface area contributed by atoms with Crippen molar-refractivity contribution < 1.29 is 9.47 Å². The van der Waals surface area contributed by atoms with Crippen LogP contribution in [0.3, 0.4) is 0 Å². The number of hydrogen-bond donors (Lipinski definition) is 1. The summed E-state index contributed by atoms with van der Waals surface area (Å²) in [4.78, 5) is 2.35. The molecule has 0 aliphatic carbocycles. The third kappa shape index (κ3) is 2.44. The number of piperazine rings is 1. The van der Waals surface area contributed by atoms with Crippen molar-refractivity contribution >= 4 is 0 Å². The van der Waals surface area contributed by atoms with Gasteiger partial charge >= 0.3 is 0 Å². The molecule has 2 aliphatic rings. The Bertz CT molecular complexity index is 422. The minimum Gasteiger partial charge on any atom is -0.490 e. The maximum absolute atomic E-state index is 5.74. The molecule has 0 amide bonds. The molecular weight excluding hydrogens is 228 g/mol. The molecule has 4 heteroatoms. The van der Waals surface area contributed by atoms with Gasteiger partial charge in [-0.2, -0.15) is 0 Å². The molecule has 1 aromatic rings. The maximum Gasteiger partial charge on any atom is 0.161 e. The topological polar surface area (TPSA) is 33.7 Å². The van der Waals surface area contributed by atoms with E-state index in [0.717, 1.165) is 50.8 Å². The minimum absolute atomic E-state index is 0.390. The van der Waals surface area contributed by atoms with Gasteiger partial charge < -0.3 is 19.7 Å².